The Bertz CT molecular complexity index is 684. The molecule has 0 bridgehead atoms. The van der Waals surface area contributed by atoms with Gasteiger partial charge in [0.25, 0.3) is 11.8 Å². The number of hydrogen-bond acceptors (Lipinski definition) is 3. The van der Waals surface area contributed by atoms with Crippen molar-refractivity contribution < 1.29 is 14.0 Å². The second-order valence-corrected chi connectivity index (χ2v) is 4.78. The van der Waals surface area contributed by atoms with Crippen molar-refractivity contribution in [2.45, 2.75) is 20.3 Å². The maximum absolute atomic E-state index is 11.9. The Hall–Kier alpha value is -2.82. The lowest BCUT2D eigenvalue weighted by Gasteiger charge is -2.05. The number of carbonyl (C=O) groups is 2. The molecule has 2 aromatic rings. The van der Waals surface area contributed by atoms with Gasteiger partial charge in [-0.2, -0.15) is 0 Å². The largest absolute Gasteiger partial charge is 0.462 e. The number of amides is 2. The average Bonchev–Trinajstić information content (AvgIpc) is 2.96. The van der Waals surface area contributed by atoms with E-state index in [0.29, 0.717) is 11.3 Å². The molecule has 2 N–H and O–H groups in total. The Morgan fingerprint density at radius 3 is 2.41 bits per heavy atom. The second-order valence-electron chi connectivity index (χ2n) is 4.78. The van der Waals surface area contributed by atoms with Gasteiger partial charge in [-0.1, -0.05) is 19.1 Å². The Balaban J connectivity index is 1.84. The van der Waals surface area contributed by atoms with Gasteiger partial charge >= 0.3 is 0 Å². The van der Waals surface area contributed by atoms with Crippen LogP contribution in [0.15, 0.2) is 46.9 Å². The maximum atomic E-state index is 11.9. The van der Waals surface area contributed by atoms with Gasteiger partial charge in [0.2, 0.25) is 0 Å². The van der Waals surface area contributed by atoms with Crippen molar-refractivity contribution in [3.8, 4) is 0 Å². The van der Waals surface area contributed by atoms with Crippen LogP contribution in [0.3, 0.4) is 0 Å². The van der Waals surface area contributed by atoms with Gasteiger partial charge in [-0.15, -0.1) is 0 Å². The molecule has 1 heterocycles. The van der Waals surface area contributed by atoms with E-state index in [1.165, 1.54) is 12.2 Å². The van der Waals surface area contributed by atoms with Crippen molar-refractivity contribution in [3.63, 3.8) is 0 Å². The van der Waals surface area contributed by atoms with Crippen molar-refractivity contribution in [2.75, 3.05) is 0 Å². The molecule has 114 valence electrons. The number of carbonyl (C=O) groups excluding carboxylic acids is 2. The predicted molar refractivity (Wildman–Crippen MR) is 83.9 cm³/mol. The van der Waals surface area contributed by atoms with Gasteiger partial charge in [0.15, 0.2) is 0 Å². The van der Waals surface area contributed by atoms with Gasteiger partial charge in [-0.05, 0) is 49.2 Å². The first kappa shape index (κ1) is 15.6. The molecule has 22 heavy (non-hydrogen) atoms. The fourth-order valence-electron chi connectivity index (χ4n) is 1.82. The van der Waals surface area contributed by atoms with Gasteiger partial charge in [-0.25, -0.2) is 0 Å². The van der Waals surface area contributed by atoms with Gasteiger partial charge < -0.3 is 4.42 Å². The lowest BCUT2D eigenvalue weighted by Crippen LogP contribution is -2.40. The molecule has 0 saturated carbocycles. The predicted octanol–water partition coefficient (Wildman–Crippen LogP) is 2.62. The highest BCUT2D eigenvalue weighted by molar-refractivity contribution is 5.97. The quantitative estimate of drug-likeness (QED) is 0.673. The molecule has 1 aromatic heterocycles. The summed E-state index contributed by atoms with van der Waals surface area (Å²) in [5.74, 6) is 0.545. The molecule has 0 aliphatic carbocycles. The standard InChI is InChI=1S/C17H18N2O3/c1-3-13-5-7-14(8-6-13)17(21)19-18-16(20)11-10-15-9-4-12(2)22-15/h4-11H,3H2,1-2H3,(H,18,20)(H,19,21). The van der Waals surface area contributed by atoms with Crippen LogP contribution in [0.5, 0.6) is 0 Å². The molecule has 0 saturated heterocycles. The Kier molecular flexibility index (Phi) is 5.14. The molecule has 0 unspecified atom stereocenters. The van der Waals surface area contributed by atoms with Crippen molar-refractivity contribution in [3.05, 3.63) is 65.1 Å². The summed E-state index contributed by atoms with van der Waals surface area (Å²) in [5.41, 5.74) is 6.32. The molecule has 1 aromatic carbocycles. The first-order valence-corrected chi connectivity index (χ1v) is 7.02. The van der Waals surface area contributed by atoms with E-state index in [1.807, 2.05) is 26.0 Å². The molecule has 0 aliphatic rings. The lowest BCUT2D eigenvalue weighted by atomic mass is 10.1. The molecule has 0 fully saturated rings. The fraction of sp³-hybridized carbons (Fsp3) is 0.176. The van der Waals surface area contributed by atoms with E-state index in [0.717, 1.165) is 17.7 Å². The summed E-state index contributed by atoms with van der Waals surface area (Å²) in [6.07, 6.45) is 3.74. The van der Waals surface area contributed by atoms with Crippen LogP contribution in [0.2, 0.25) is 0 Å². The number of rotatable bonds is 4. The zero-order valence-electron chi connectivity index (χ0n) is 12.6. The summed E-state index contributed by atoms with van der Waals surface area (Å²) >= 11 is 0. The van der Waals surface area contributed by atoms with Crippen LogP contribution in [0, 0.1) is 6.92 Å². The van der Waals surface area contributed by atoms with E-state index >= 15 is 0 Å². The van der Waals surface area contributed by atoms with Gasteiger partial charge in [-0.3, -0.25) is 20.4 Å². The minimum atomic E-state index is -0.437. The SMILES string of the molecule is CCc1ccc(C(=O)NNC(=O)C=Cc2ccc(C)o2)cc1. The van der Waals surface area contributed by atoms with Crippen molar-refractivity contribution in [2.24, 2.45) is 0 Å². The third-order valence-corrected chi connectivity index (χ3v) is 3.08. The average molecular weight is 298 g/mol. The highest BCUT2D eigenvalue weighted by atomic mass is 16.3. The molecule has 0 radical (unpaired) electrons. The van der Waals surface area contributed by atoms with Crippen molar-refractivity contribution in [1.29, 1.82) is 0 Å². The molecule has 0 aliphatic heterocycles. The third-order valence-electron chi connectivity index (χ3n) is 3.08. The number of nitrogens with one attached hydrogen (secondary N) is 2. The summed E-state index contributed by atoms with van der Waals surface area (Å²) in [7, 11) is 0. The smallest absolute Gasteiger partial charge is 0.269 e. The van der Waals surface area contributed by atoms with E-state index in [4.69, 9.17) is 4.42 Å². The molecule has 2 rings (SSSR count). The third kappa shape index (κ3) is 4.34. The summed E-state index contributed by atoms with van der Waals surface area (Å²) in [6, 6.07) is 10.8. The molecule has 5 nitrogen and oxygen atoms in total. The number of furan rings is 1. The molecular formula is C17H18N2O3. The molecule has 0 spiro atoms. The molecule has 2 amide bonds. The van der Waals surface area contributed by atoms with Crippen LogP contribution in [0.25, 0.3) is 6.08 Å². The normalized spacial score (nSPS) is 10.6. The number of benzene rings is 1. The molecular weight excluding hydrogens is 280 g/mol. The van der Waals surface area contributed by atoms with E-state index in [-0.39, 0.29) is 5.91 Å². The minimum Gasteiger partial charge on any atom is -0.462 e. The second kappa shape index (κ2) is 7.26. The number of hydrazine groups is 1. The zero-order valence-corrected chi connectivity index (χ0v) is 12.6. The zero-order chi connectivity index (χ0) is 15.9. The van der Waals surface area contributed by atoms with E-state index in [9.17, 15) is 9.59 Å². The molecule has 0 atom stereocenters. The first-order chi connectivity index (χ1) is 10.6. The number of hydrogen-bond donors (Lipinski definition) is 2. The number of aryl methyl sites for hydroxylation is 2. The summed E-state index contributed by atoms with van der Waals surface area (Å²) in [6.45, 7) is 3.86. The topological polar surface area (TPSA) is 71.3 Å². The van der Waals surface area contributed by atoms with Crippen LogP contribution >= 0.6 is 0 Å². The summed E-state index contributed by atoms with van der Waals surface area (Å²) in [5, 5.41) is 0. The van der Waals surface area contributed by atoms with Crippen molar-refractivity contribution >= 4 is 17.9 Å². The van der Waals surface area contributed by atoms with Crippen LogP contribution in [0.4, 0.5) is 0 Å². The monoisotopic (exact) mass is 298 g/mol. The highest BCUT2D eigenvalue weighted by Crippen LogP contribution is 2.07. The van der Waals surface area contributed by atoms with E-state index in [2.05, 4.69) is 10.9 Å². The Morgan fingerprint density at radius 1 is 1.09 bits per heavy atom. The van der Waals surface area contributed by atoms with Crippen LogP contribution in [0.1, 0.15) is 34.4 Å². The van der Waals surface area contributed by atoms with Crippen molar-refractivity contribution in [1.82, 2.24) is 10.9 Å². The van der Waals surface area contributed by atoms with E-state index < -0.39 is 5.91 Å². The Labute approximate surface area is 129 Å². The van der Waals surface area contributed by atoms with Crippen LogP contribution in [-0.4, -0.2) is 11.8 Å². The molecule has 5 heteroatoms. The van der Waals surface area contributed by atoms with Crippen LogP contribution < -0.4 is 10.9 Å². The maximum Gasteiger partial charge on any atom is 0.269 e. The highest BCUT2D eigenvalue weighted by Gasteiger charge is 2.05. The fourth-order valence-corrected chi connectivity index (χ4v) is 1.82. The van der Waals surface area contributed by atoms with Gasteiger partial charge in [0.05, 0.1) is 0 Å². The first-order valence-electron chi connectivity index (χ1n) is 7.02. The van der Waals surface area contributed by atoms with Gasteiger partial charge in [0, 0.05) is 11.6 Å². The summed E-state index contributed by atoms with van der Waals surface area (Å²) in [4.78, 5) is 23.5. The summed E-state index contributed by atoms with van der Waals surface area (Å²) < 4.78 is 5.30. The lowest BCUT2D eigenvalue weighted by molar-refractivity contribution is -0.117. The van der Waals surface area contributed by atoms with Gasteiger partial charge in [0.1, 0.15) is 11.5 Å². The minimum absolute atomic E-state index is 0.363. The Morgan fingerprint density at radius 2 is 1.82 bits per heavy atom. The van der Waals surface area contributed by atoms with E-state index in [1.54, 1.807) is 24.3 Å². The van der Waals surface area contributed by atoms with Crippen LogP contribution in [-0.2, 0) is 11.2 Å².